The lowest BCUT2D eigenvalue weighted by molar-refractivity contribution is 0.295. The van der Waals surface area contributed by atoms with Crippen LogP contribution in [0.1, 0.15) is 57.4 Å². The summed E-state index contributed by atoms with van der Waals surface area (Å²) in [6.45, 7) is 3.21. The number of nitrogens with one attached hydrogen (secondary N) is 1. The van der Waals surface area contributed by atoms with Crippen LogP contribution in [-0.2, 0) is 6.42 Å². The molecule has 2 rings (SSSR count). The van der Waals surface area contributed by atoms with Crippen molar-refractivity contribution >= 4 is 15.9 Å². The van der Waals surface area contributed by atoms with E-state index in [0.717, 1.165) is 35.3 Å². The number of rotatable bonds is 7. The summed E-state index contributed by atoms with van der Waals surface area (Å²) in [5, 5.41) is 3.63. The van der Waals surface area contributed by atoms with Crippen molar-refractivity contribution in [2.75, 3.05) is 6.54 Å². The topological polar surface area (TPSA) is 12.0 Å². The Morgan fingerprint density at radius 3 is 2.76 bits per heavy atom. The van der Waals surface area contributed by atoms with Crippen molar-refractivity contribution in [3.63, 3.8) is 0 Å². The molecule has 3 heteroatoms. The zero-order valence-corrected chi connectivity index (χ0v) is 14.6. The number of hydrogen-bond donors (Lipinski definition) is 1. The molecule has 1 atom stereocenters. The summed E-state index contributed by atoms with van der Waals surface area (Å²) in [5.41, 5.74) is 0.828. The highest BCUT2D eigenvalue weighted by Gasteiger charge is 2.20. The summed E-state index contributed by atoms with van der Waals surface area (Å²) in [7, 11) is 0. The molecular weight excluding hydrogens is 329 g/mol. The summed E-state index contributed by atoms with van der Waals surface area (Å²) in [6.07, 6.45) is 9.95. The molecule has 0 bridgehead atoms. The highest BCUT2D eigenvalue weighted by molar-refractivity contribution is 9.10. The summed E-state index contributed by atoms with van der Waals surface area (Å²) >= 11 is 3.45. The third kappa shape index (κ3) is 5.71. The molecule has 1 aliphatic rings. The Hall–Kier alpha value is -0.410. The first-order valence-electron chi connectivity index (χ1n) is 8.36. The van der Waals surface area contributed by atoms with Crippen molar-refractivity contribution in [3.05, 3.63) is 34.1 Å². The second kappa shape index (κ2) is 8.89. The molecule has 0 spiro atoms. The maximum Gasteiger partial charge on any atom is 0.126 e. The van der Waals surface area contributed by atoms with Crippen LogP contribution in [0.3, 0.4) is 0 Å². The predicted molar refractivity (Wildman–Crippen MR) is 91.1 cm³/mol. The van der Waals surface area contributed by atoms with Crippen LogP contribution in [0.15, 0.2) is 22.7 Å². The molecule has 0 aromatic heterocycles. The van der Waals surface area contributed by atoms with E-state index < -0.39 is 0 Å². The zero-order valence-electron chi connectivity index (χ0n) is 13.0. The van der Waals surface area contributed by atoms with Crippen LogP contribution in [0.5, 0.6) is 0 Å². The molecule has 0 amide bonds. The Labute approximate surface area is 136 Å². The van der Waals surface area contributed by atoms with Crippen LogP contribution in [0.25, 0.3) is 0 Å². The monoisotopic (exact) mass is 355 g/mol. The molecule has 1 aromatic carbocycles. The van der Waals surface area contributed by atoms with E-state index in [1.165, 1.54) is 38.5 Å². The van der Waals surface area contributed by atoms with Gasteiger partial charge in [-0.2, -0.15) is 0 Å². The van der Waals surface area contributed by atoms with E-state index in [9.17, 15) is 4.39 Å². The average molecular weight is 356 g/mol. The smallest absolute Gasteiger partial charge is 0.126 e. The van der Waals surface area contributed by atoms with Gasteiger partial charge in [-0.3, -0.25) is 0 Å². The molecule has 0 radical (unpaired) electrons. The lowest BCUT2D eigenvalue weighted by Crippen LogP contribution is -2.34. The fourth-order valence-electron chi connectivity index (χ4n) is 3.38. The Balaban J connectivity index is 1.98. The zero-order chi connectivity index (χ0) is 15.1. The Morgan fingerprint density at radius 2 is 2.05 bits per heavy atom. The molecule has 1 unspecified atom stereocenters. The van der Waals surface area contributed by atoms with E-state index in [1.54, 1.807) is 12.1 Å². The largest absolute Gasteiger partial charge is 0.314 e. The van der Waals surface area contributed by atoms with Gasteiger partial charge < -0.3 is 5.32 Å². The standard InChI is InChI=1S/C18H27BrFN/c1-2-10-21-17(11-14-6-4-3-5-7-14)13-15-12-16(19)8-9-18(15)20/h8-9,12,14,17,21H,2-7,10-11,13H2,1H3. The van der Waals surface area contributed by atoms with Gasteiger partial charge in [-0.1, -0.05) is 55.0 Å². The highest BCUT2D eigenvalue weighted by atomic mass is 79.9. The van der Waals surface area contributed by atoms with Crippen LogP contribution in [0.4, 0.5) is 4.39 Å². The Kier molecular flexibility index (Phi) is 7.18. The van der Waals surface area contributed by atoms with E-state index in [0.29, 0.717) is 6.04 Å². The Morgan fingerprint density at radius 1 is 1.29 bits per heavy atom. The minimum absolute atomic E-state index is 0.0786. The predicted octanol–water partition coefficient (Wildman–Crippen LogP) is 5.47. The van der Waals surface area contributed by atoms with Gasteiger partial charge in [0.05, 0.1) is 0 Å². The lowest BCUT2D eigenvalue weighted by Gasteiger charge is -2.27. The van der Waals surface area contributed by atoms with Crippen molar-refractivity contribution in [1.82, 2.24) is 5.32 Å². The molecule has 0 aliphatic heterocycles. The van der Waals surface area contributed by atoms with Gasteiger partial charge in [-0.25, -0.2) is 4.39 Å². The normalized spacial score (nSPS) is 17.9. The molecule has 1 aliphatic carbocycles. The van der Waals surface area contributed by atoms with Gasteiger partial charge in [0.25, 0.3) is 0 Å². The van der Waals surface area contributed by atoms with E-state index >= 15 is 0 Å². The van der Waals surface area contributed by atoms with Gasteiger partial charge in [-0.05, 0) is 55.5 Å². The van der Waals surface area contributed by atoms with Gasteiger partial charge in [0.1, 0.15) is 5.82 Å². The first-order chi connectivity index (χ1) is 10.2. The summed E-state index contributed by atoms with van der Waals surface area (Å²) in [4.78, 5) is 0. The van der Waals surface area contributed by atoms with Crippen molar-refractivity contribution in [2.24, 2.45) is 5.92 Å². The molecule has 0 saturated heterocycles. The quantitative estimate of drug-likeness (QED) is 0.683. The van der Waals surface area contributed by atoms with Gasteiger partial charge in [0.15, 0.2) is 0 Å². The van der Waals surface area contributed by atoms with Gasteiger partial charge in [0, 0.05) is 10.5 Å². The Bertz CT molecular complexity index is 429. The van der Waals surface area contributed by atoms with Crippen LogP contribution in [-0.4, -0.2) is 12.6 Å². The van der Waals surface area contributed by atoms with E-state index in [4.69, 9.17) is 0 Å². The molecule has 1 nitrogen and oxygen atoms in total. The maximum absolute atomic E-state index is 14.0. The van der Waals surface area contributed by atoms with E-state index in [2.05, 4.69) is 28.2 Å². The number of benzene rings is 1. The van der Waals surface area contributed by atoms with Gasteiger partial charge >= 0.3 is 0 Å². The minimum atomic E-state index is -0.0786. The van der Waals surface area contributed by atoms with Crippen molar-refractivity contribution in [2.45, 2.75) is 64.3 Å². The highest BCUT2D eigenvalue weighted by Crippen LogP contribution is 2.28. The summed E-state index contributed by atoms with van der Waals surface area (Å²) < 4.78 is 14.9. The number of hydrogen-bond acceptors (Lipinski definition) is 1. The molecule has 1 aromatic rings. The van der Waals surface area contributed by atoms with Crippen molar-refractivity contribution in [3.8, 4) is 0 Å². The summed E-state index contributed by atoms with van der Waals surface area (Å²) in [6, 6.07) is 5.67. The molecule has 118 valence electrons. The van der Waals surface area contributed by atoms with Gasteiger partial charge in [0.2, 0.25) is 0 Å². The van der Waals surface area contributed by atoms with E-state index in [-0.39, 0.29) is 5.82 Å². The molecular formula is C18H27BrFN. The maximum atomic E-state index is 14.0. The SMILES string of the molecule is CCCNC(Cc1cc(Br)ccc1F)CC1CCCCC1. The van der Waals surface area contributed by atoms with E-state index in [1.807, 2.05) is 6.07 Å². The first kappa shape index (κ1) is 17.0. The number of halogens is 2. The van der Waals surface area contributed by atoms with Crippen LogP contribution < -0.4 is 5.32 Å². The second-order valence-electron chi connectivity index (χ2n) is 6.33. The van der Waals surface area contributed by atoms with Crippen LogP contribution in [0, 0.1) is 11.7 Å². The molecule has 0 heterocycles. The molecule has 1 saturated carbocycles. The second-order valence-corrected chi connectivity index (χ2v) is 7.25. The molecule has 1 N–H and O–H groups in total. The van der Waals surface area contributed by atoms with Crippen LogP contribution in [0.2, 0.25) is 0 Å². The third-order valence-corrected chi connectivity index (χ3v) is 4.99. The molecule has 1 fully saturated rings. The first-order valence-corrected chi connectivity index (χ1v) is 9.15. The third-order valence-electron chi connectivity index (χ3n) is 4.50. The average Bonchev–Trinajstić information content (AvgIpc) is 2.49. The minimum Gasteiger partial charge on any atom is -0.314 e. The van der Waals surface area contributed by atoms with Gasteiger partial charge in [-0.15, -0.1) is 0 Å². The lowest BCUT2D eigenvalue weighted by atomic mass is 9.83. The molecule has 21 heavy (non-hydrogen) atoms. The van der Waals surface area contributed by atoms with Crippen molar-refractivity contribution < 1.29 is 4.39 Å². The van der Waals surface area contributed by atoms with Crippen molar-refractivity contribution in [1.29, 1.82) is 0 Å². The fourth-order valence-corrected chi connectivity index (χ4v) is 3.79. The fraction of sp³-hybridized carbons (Fsp3) is 0.667. The van der Waals surface area contributed by atoms with Crippen LogP contribution >= 0.6 is 15.9 Å². The summed E-state index contributed by atoms with van der Waals surface area (Å²) in [5.74, 6) is 0.744.